The smallest absolute Gasteiger partial charge is 0.312 e. The van der Waals surface area contributed by atoms with E-state index in [2.05, 4.69) is 9.97 Å². The van der Waals surface area contributed by atoms with Crippen LogP contribution in [0.2, 0.25) is 0 Å². The van der Waals surface area contributed by atoms with Crippen molar-refractivity contribution in [3.05, 3.63) is 52.1 Å². The summed E-state index contributed by atoms with van der Waals surface area (Å²) in [6.07, 6.45) is 1.27. The van der Waals surface area contributed by atoms with Crippen LogP contribution in [0.25, 0.3) is 0 Å². The molecule has 2 heterocycles. The molecule has 21 heavy (non-hydrogen) atoms. The van der Waals surface area contributed by atoms with Crippen LogP contribution in [-0.2, 0) is 11.3 Å². The van der Waals surface area contributed by atoms with Crippen molar-refractivity contribution in [1.82, 2.24) is 9.97 Å². The van der Waals surface area contributed by atoms with Gasteiger partial charge in [-0.05, 0) is 11.1 Å². The lowest BCUT2D eigenvalue weighted by molar-refractivity contribution is -0.138. The van der Waals surface area contributed by atoms with Gasteiger partial charge < -0.3 is 20.7 Å². The van der Waals surface area contributed by atoms with Crippen molar-refractivity contribution in [3.8, 4) is 0 Å². The molecule has 0 spiro atoms. The van der Waals surface area contributed by atoms with Crippen LogP contribution < -0.4 is 16.2 Å². The van der Waals surface area contributed by atoms with E-state index in [1.807, 2.05) is 24.3 Å². The highest BCUT2D eigenvalue weighted by atomic mass is 16.4. The van der Waals surface area contributed by atoms with Gasteiger partial charge in [-0.15, -0.1) is 0 Å². The Morgan fingerprint density at radius 1 is 1.43 bits per heavy atom. The fourth-order valence-electron chi connectivity index (χ4n) is 2.63. The Bertz CT molecular complexity index is 756. The Morgan fingerprint density at radius 2 is 2.19 bits per heavy atom. The molecule has 0 saturated heterocycles. The number of carboxylic acids is 1. The molecule has 0 saturated carbocycles. The SMILES string of the molecule is Nc1c(N2Cc3ccccc3C(C(=O)O)C2)nc[nH]c1=O. The third-order valence-electron chi connectivity index (χ3n) is 3.66. The molecule has 0 fully saturated rings. The lowest BCUT2D eigenvalue weighted by Crippen LogP contribution is -2.38. The zero-order valence-corrected chi connectivity index (χ0v) is 11.1. The van der Waals surface area contributed by atoms with Crippen LogP contribution in [0.1, 0.15) is 17.0 Å². The number of nitrogens with one attached hydrogen (secondary N) is 1. The van der Waals surface area contributed by atoms with Gasteiger partial charge in [-0.3, -0.25) is 9.59 Å². The van der Waals surface area contributed by atoms with Crippen LogP contribution in [-0.4, -0.2) is 27.6 Å². The Hall–Kier alpha value is -2.83. The number of H-pyrrole nitrogens is 1. The van der Waals surface area contributed by atoms with Crippen molar-refractivity contribution in [2.45, 2.75) is 12.5 Å². The number of nitrogen functional groups attached to an aromatic ring is 1. The maximum Gasteiger partial charge on any atom is 0.312 e. The number of benzene rings is 1. The van der Waals surface area contributed by atoms with E-state index in [1.165, 1.54) is 6.33 Å². The molecule has 7 heteroatoms. The summed E-state index contributed by atoms with van der Waals surface area (Å²) in [5.41, 5.74) is 7.03. The quantitative estimate of drug-likeness (QED) is 0.742. The minimum atomic E-state index is -0.907. The van der Waals surface area contributed by atoms with Crippen molar-refractivity contribution in [2.75, 3.05) is 17.2 Å². The van der Waals surface area contributed by atoms with Crippen molar-refractivity contribution in [1.29, 1.82) is 0 Å². The zero-order chi connectivity index (χ0) is 15.0. The highest BCUT2D eigenvalue weighted by Crippen LogP contribution is 2.31. The number of nitrogens with zero attached hydrogens (tertiary/aromatic N) is 2. The summed E-state index contributed by atoms with van der Waals surface area (Å²) in [4.78, 5) is 31.3. The van der Waals surface area contributed by atoms with E-state index in [1.54, 1.807) is 4.90 Å². The molecule has 1 atom stereocenters. The number of carboxylic acid groups (broad SMARTS) is 1. The van der Waals surface area contributed by atoms with Crippen LogP contribution in [0.5, 0.6) is 0 Å². The minimum Gasteiger partial charge on any atom is -0.481 e. The van der Waals surface area contributed by atoms with Crippen molar-refractivity contribution in [2.24, 2.45) is 0 Å². The van der Waals surface area contributed by atoms with Gasteiger partial charge in [-0.1, -0.05) is 24.3 Å². The van der Waals surface area contributed by atoms with Crippen LogP contribution >= 0.6 is 0 Å². The zero-order valence-electron chi connectivity index (χ0n) is 11.1. The normalized spacial score (nSPS) is 17.3. The van der Waals surface area contributed by atoms with E-state index < -0.39 is 17.4 Å². The third-order valence-corrected chi connectivity index (χ3v) is 3.66. The van der Waals surface area contributed by atoms with Gasteiger partial charge in [0.2, 0.25) is 0 Å². The van der Waals surface area contributed by atoms with Gasteiger partial charge in [-0.25, -0.2) is 4.98 Å². The third kappa shape index (κ3) is 2.22. The van der Waals surface area contributed by atoms with E-state index in [0.29, 0.717) is 12.4 Å². The van der Waals surface area contributed by atoms with Gasteiger partial charge in [0.15, 0.2) is 5.82 Å². The number of carbonyl (C=O) groups is 1. The molecule has 0 amide bonds. The molecule has 0 radical (unpaired) electrons. The summed E-state index contributed by atoms with van der Waals surface area (Å²) in [7, 11) is 0. The van der Waals surface area contributed by atoms with E-state index in [-0.39, 0.29) is 12.2 Å². The first kappa shape index (κ1) is 13.2. The van der Waals surface area contributed by atoms with Gasteiger partial charge in [0.05, 0.1) is 12.2 Å². The Kier molecular flexibility index (Phi) is 3.09. The summed E-state index contributed by atoms with van der Waals surface area (Å²) >= 11 is 0. The molecule has 1 aliphatic heterocycles. The molecular weight excluding hydrogens is 272 g/mol. The fourth-order valence-corrected chi connectivity index (χ4v) is 2.63. The Balaban J connectivity index is 2.06. The fraction of sp³-hybridized carbons (Fsp3) is 0.214. The van der Waals surface area contributed by atoms with Gasteiger partial charge >= 0.3 is 5.97 Å². The van der Waals surface area contributed by atoms with Gasteiger partial charge in [-0.2, -0.15) is 0 Å². The molecule has 2 aromatic rings. The maximum atomic E-state index is 11.6. The topological polar surface area (TPSA) is 112 Å². The maximum absolute atomic E-state index is 11.6. The molecule has 0 aliphatic carbocycles. The minimum absolute atomic E-state index is 0.000944. The molecule has 1 aromatic heterocycles. The van der Waals surface area contributed by atoms with E-state index in [9.17, 15) is 14.7 Å². The number of nitrogens with two attached hydrogens (primary N) is 1. The first-order chi connectivity index (χ1) is 10.1. The summed E-state index contributed by atoms with van der Waals surface area (Å²) < 4.78 is 0. The average Bonchev–Trinajstić information content (AvgIpc) is 2.48. The van der Waals surface area contributed by atoms with Crippen LogP contribution in [0.4, 0.5) is 11.5 Å². The van der Waals surface area contributed by atoms with Gasteiger partial charge in [0.1, 0.15) is 5.69 Å². The average molecular weight is 286 g/mol. The second-order valence-electron chi connectivity index (χ2n) is 4.94. The molecular formula is C14H14N4O3. The largest absolute Gasteiger partial charge is 0.481 e. The van der Waals surface area contributed by atoms with Crippen molar-refractivity contribution in [3.63, 3.8) is 0 Å². The number of hydrogen-bond donors (Lipinski definition) is 3. The Labute approximate surface area is 120 Å². The first-order valence-electron chi connectivity index (χ1n) is 6.46. The van der Waals surface area contributed by atoms with Crippen molar-refractivity contribution < 1.29 is 9.90 Å². The summed E-state index contributed by atoms with van der Waals surface area (Å²) in [6.45, 7) is 0.702. The number of rotatable bonds is 2. The highest BCUT2D eigenvalue weighted by molar-refractivity contribution is 5.79. The number of aliphatic carboxylic acids is 1. The highest BCUT2D eigenvalue weighted by Gasteiger charge is 2.31. The molecule has 1 unspecified atom stereocenters. The molecule has 4 N–H and O–H groups in total. The standard InChI is InChI=1S/C14H14N4O3/c15-11-12(16-7-17-13(11)19)18-5-8-3-1-2-4-9(8)10(6-18)14(20)21/h1-4,7,10H,5-6,15H2,(H,20,21)(H,16,17,19). The Morgan fingerprint density at radius 3 is 2.95 bits per heavy atom. The van der Waals surface area contributed by atoms with Crippen molar-refractivity contribution >= 4 is 17.5 Å². The lowest BCUT2D eigenvalue weighted by Gasteiger charge is -2.33. The van der Waals surface area contributed by atoms with Gasteiger partial charge in [0.25, 0.3) is 5.56 Å². The van der Waals surface area contributed by atoms with Gasteiger partial charge in [0, 0.05) is 13.1 Å². The number of fused-ring (bicyclic) bond motifs is 1. The second kappa shape index (κ2) is 4.93. The summed E-state index contributed by atoms with van der Waals surface area (Å²) in [5.74, 6) is -1.26. The summed E-state index contributed by atoms with van der Waals surface area (Å²) in [5, 5.41) is 9.43. The predicted octanol–water partition coefficient (Wildman–Crippen LogP) is 0.540. The van der Waals surface area contributed by atoms with Crippen LogP contribution in [0, 0.1) is 0 Å². The first-order valence-corrected chi connectivity index (χ1v) is 6.46. The van der Waals surface area contributed by atoms with Crippen LogP contribution in [0.15, 0.2) is 35.4 Å². The molecule has 1 aromatic carbocycles. The second-order valence-corrected chi connectivity index (χ2v) is 4.94. The van der Waals surface area contributed by atoms with E-state index in [0.717, 1.165) is 11.1 Å². The molecule has 108 valence electrons. The lowest BCUT2D eigenvalue weighted by atomic mass is 9.90. The number of aromatic amines is 1. The van der Waals surface area contributed by atoms with E-state index >= 15 is 0 Å². The number of aromatic nitrogens is 2. The number of anilines is 2. The molecule has 3 rings (SSSR count). The number of hydrogen-bond acceptors (Lipinski definition) is 5. The van der Waals surface area contributed by atoms with Crippen LogP contribution in [0.3, 0.4) is 0 Å². The molecule has 7 nitrogen and oxygen atoms in total. The van der Waals surface area contributed by atoms with E-state index in [4.69, 9.17) is 5.73 Å². The molecule has 0 bridgehead atoms. The predicted molar refractivity (Wildman–Crippen MR) is 77.1 cm³/mol. The monoisotopic (exact) mass is 286 g/mol. The summed E-state index contributed by atoms with van der Waals surface area (Å²) in [6, 6.07) is 7.38. The molecule has 1 aliphatic rings.